The van der Waals surface area contributed by atoms with Crippen LogP contribution in [0.5, 0.6) is 0 Å². The molecule has 0 aliphatic carbocycles. The smallest absolute Gasteiger partial charge is 0.364 e. The van der Waals surface area contributed by atoms with Crippen molar-refractivity contribution in [2.75, 3.05) is 46.2 Å². The van der Waals surface area contributed by atoms with Gasteiger partial charge in [0.15, 0.2) is 50.3 Å². The number of ether oxygens (including phenoxy) is 17. The van der Waals surface area contributed by atoms with Gasteiger partial charge >= 0.3 is 5.97 Å². The molecule has 3 amide bonds. The Kier molecular flexibility index (Phi) is 32.6. The third kappa shape index (κ3) is 20.1. The summed E-state index contributed by atoms with van der Waals surface area (Å²) in [6.07, 6.45) is -89.0. The molecule has 0 saturated carbocycles. The zero-order valence-electron chi connectivity index (χ0n) is 60.8. The number of carboxylic acid groups (broad SMARTS) is 1. The molecule has 654 valence electrons. The molecule has 9 aliphatic rings. The number of aliphatic hydroxyl groups is 25. The van der Waals surface area contributed by atoms with Crippen molar-refractivity contribution in [1.29, 1.82) is 0 Å². The van der Waals surface area contributed by atoms with Crippen molar-refractivity contribution in [2.24, 2.45) is 0 Å². The molecule has 113 heavy (non-hydrogen) atoms. The minimum atomic E-state index is -3.29. The van der Waals surface area contributed by atoms with Gasteiger partial charge < -0.3 is 229 Å². The van der Waals surface area contributed by atoms with Crippen LogP contribution in [0.15, 0.2) is 0 Å². The van der Waals surface area contributed by atoms with E-state index < -0.39 is 358 Å². The first-order valence-corrected chi connectivity index (χ1v) is 36.0. The van der Waals surface area contributed by atoms with Crippen LogP contribution in [-0.2, 0) is 99.7 Å². The largest absolute Gasteiger partial charge is 0.477 e. The summed E-state index contributed by atoms with van der Waals surface area (Å²) < 4.78 is 99.2. The van der Waals surface area contributed by atoms with Crippen molar-refractivity contribution in [1.82, 2.24) is 16.0 Å². The van der Waals surface area contributed by atoms with Crippen molar-refractivity contribution in [3.8, 4) is 0 Å². The summed E-state index contributed by atoms with van der Waals surface area (Å²) in [6, 6.07) is -5.74. The lowest BCUT2D eigenvalue weighted by Gasteiger charge is -2.51. The fraction of sp³-hybridized carbons (Fsp3) is 0.937. The Morgan fingerprint density at radius 3 is 1.26 bits per heavy atom. The molecule has 9 aliphatic heterocycles. The molecule has 29 N–H and O–H groups in total. The number of rotatable bonds is 29. The molecule has 9 saturated heterocycles. The summed E-state index contributed by atoms with van der Waals surface area (Å²) in [7, 11) is 0. The van der Waals surface area contributed by atoms with Crippen LogP contribution in [0, 0.1) is 0 Å². The second-order valence-corrected chi connectivity index (χ2v) is 28.8. The van der Waals surface area contributed by atoms with Gasteiger partial charge in [-0.2, -0.15) is 0 Å². The number of carbonyl (C=O) groups is 4. The number of carbonyl (C=O) groups excluding carboxylic acids is 3. The average Bonchev–Trinajstić information content (AvgIpc) is 0.751. The molecule has 46 atom stereocenters. The maximum Gasteiger partial charge on any atom is 0.364 e. The topological polar surface area (TPSA) is 787 Å². The van der Waals surface area contributed by atoms with E-state index in [4.69, 9.17) is 80.5 Å². The molecular formula is C63H105N3O47. The molecule has 9 rings (SSSR count). The second-order valence-electron chi connectivity index (χ2n) is 28.8. The van der Waals surface area contributed by atoms with Crippen molar-refractivity contribution in [3.63, 3.8) is 0 Å². The van der Waals surface area contributed by atoms with Gasteiger partial charge in [-0.15, -0.1) is 0 Å². The molecule has 9 fully saturated rings. The zero-order chi connectivity index (χ0) is 83.6. The minimum Gasteiger partial charge on any atom is -0.477 e. The van der Waals surface area contributed by atoms with E-state index in [1.807, 2.05) is 0 Å². The summed E-state index contributed by atoms with van der Waals surface area (Å²) in [6.45, 7) is -2.88. The molecule has 50 nitrogen and oxygen atoms in total. The van der Waals surface area contributed by atoms with Crippen molar-refractivity contribution < 1.29 is 232 Å². The quantitative estimate of drug-likeness (QED) is 0.0331. The number of aliphatic carboxylic acids is 1. The Hall–Kier alpha value is -3.80. The molecule has 0 radical (unpaired) electrons. The van der Waals surface area contributed by atoms with Crippen molar-refractivity contribution in [2.45, 2.75) is 323 Å². The summed E-state index contributed by atoms with van der Waals surface area (Å²) in [5.74, 6) is -8.30. The van der Waals surface area contributed by atoms with Gasteiger partial charge in [0, 0.05) is 27.2 Å². The van der Waals surface area contributed by atoms with Gasteiger partial charge in [-0.1, -0.05) is 0 Å². The van der Waals surface area contributed by atoms with E-state index in [0.717, 1.165) is 20.8 Å². The summed E-state index contributed by atoms with van der Waals surface area (Å²) >= 11 is 0. The lowest BCUT2D eigenvalue weighted by Crippen LogP contribution is -2.71. The highest BCUT2D eigenvalue weighted by atomic mass is 16.8. The van der Waals surface area contributed by atoms with E-state index in [-0.39, 0.29) is 0 Å². The Labute approximate surface area is 639 Å². The van der Waals surface area contributed by atoms with E-state index >= 15 is 0 Å². The number of amides is 3. The molecule has 0 spiro atoms. The Balaban J connectivity index is 1.02. The van der Waals surface area contributed by atoms with Crippen LogP contribution >= 0.6 is 0 Å². The van der Waals surface area contributed by atoms with Gasteiger partial charge in [0.1, 0.15) is 201 Å². The van der Waals surface area contributed by atoms with Crippen LogP contribution in [0.4, 0.5) is 0 Å². The maximum atomic E-state index is 13.2. The van der Waals surface area contributed by atoms with E-state index in [9.17, 15) is 152 Å². The van der Waals surface area contributed by atoms with Gasteiger partial charge in [-0.3, -0.25) is 14.4 Å². The molecule has 0 bridgehead atoms. The first-order chi connectivity index (χ1) is 53.2. The number of hydrogen-bond acceptors (Lipinski definition) is 46. The monoisotopic (exact) mass is 1660 g/mol. The molecule has 50 heteroatoms. The molecule has 1 unspecified atom stereocenters. The highest BCUT2D eigenvalue weighted by Crippen LogP contribution is 2.42. The van der Waals surface area contributed by atoms with Crippen LogP contribution in [0.3, 0.4) is 0 Å². The predicted octanol–water partition coefficient (Wildman–Crippen LogP) is -18.9. The van der Waals surface area contributed by atoms with E-state index in [1.54, 1.807) is 0 Å². The number of nitrogens with one attached hydrogen (secondary N) is 3. The fourth-order valence-electron chi connectivity index (χ4n) is 14.7. The van der Waals surface area contributed by atoms with Crippen LogP contribution in [0.2, 0.25) is 0 Å². The lowest BCUT2D eigenvalue weighted by molar-refractivity contribution is -0.394. The van der Waals surface area contributed by atoms with Gasteiger partial charge in [0.25, 0.3) is 5.79 Å². The number of hydrogen-bond donors (Lipinski definition) is 29. The molecular weight excluding hydrogens is 1550 g/mol. The first-order valence-electron chi connectivity index (χ1n) is 36.0. The third-order valence-corrected chi connectivity index (χ3v) is 20.8. The Morgan fingerprint density at radius 1 is 0.381 bits per heavy atom. The average molecular weight is 1660 g/mol. The standard InChI is InChI=1S/C63H105N3O47/c1-14-31(79)39(87)53(54(94)98-14)111-60-43(91)50(34(82)22(9-69)102-60)109-56-29(66-18(5)75)48(33(81)21(8-68)100-56)108-58-42(90)40(88)47(107-59-44(92)51(35(83)23(10-70)101-59)110-57-41(89)38(86)30(78)15(2)99-57)26(105-58)13-97-55-28(65-17(4)74)37(85)46(25(12-72)104-55)106-61-45(93)52(36(84)24(11-71)103-61)113-63(62(95)96)6-19(76)27(64-16(3)73)49(112-63)32(80)20(77)7-67/h14-15,19-61,67-72,76-94H,6-13H2,1-5H3,(H,64,73)(H,65,74)(H,66,75)(H,95,96)/t14-,15-,19-,20+,21+,22+,23+,24+,25+,26+,27+,28+,29+,30+,31+,32+,33+,34-,35+,36-,37+,38+,39+,40+,41-,42+,43+,44+,45+,46+,47-,48+,49+,50-,51-,52-,53-,54?,55+,56-,57-,58-,59-,60+,61-,63-/m0/s1. The highest BCUT2D eigenvalue weighted by Gasteiger charge is 2.63. The van der Waals surface area contributed by atoms with Gasteiger partial charge in [-0.25, -0.2) is 4.79 Å². The normalized spacial score (nSPS) is 49.2. The van der Waals surface area contributed by atoms with Gasteiger partial charge in [-0.05, 0) is 13.8 Å². The first kappa shape index (κ1) is 93.1. The molecule has 0 aromatic heterocycles. The van der Waals surface area contributed by atoms with Gasteiger partial charge in [0.2, 0.25) is 17.7 Å². The van der Waals surface area contributed by atoms with E-state index in [0.29, 0.717) is 0 Å². The zero-order valence-corrected chi connectivity index (χ0v) is 60.8. The van der Waals surface area contributed by atoms with Crippen LogP contribution in [0.25, 0.3) is 0 Å². The SMILES string of the molecule is CC(=O)N[C@H]1[C@H](OC[C@H]2O[C@@H](O[C@H]3[C@H](O)[C@@H](CO)O[C@@H](O[C@H]4[C@@H](O)[C@@H](CO)O[C@H](O[C@@H]5C(O)O[C@@H](C)[C@@H](O)[C@H]5O)[C@@H]4O)[C@@H]3NC(C)=O)[C@H](O)[C@@H](O)[C@H]2O[C@@H]2O[C@H](CO)[C@@H](O)[C@H](O[C@@H]3O[C@@H](C)[C@@H](O)[C@@H](O)[C@@H]3O)[C@H]2O)O[C@H](CO)[C@@H](O[C@@H]2O[C@H](CO)[C@H](O)[C@H](O[C@]3(C(=O)O)C[C@H](O)[C@@H](NC(C)=O)[C@H]([C@H](O)[C@H](O)CO)O3)[C@H]2O)[C@@H]1O. The van der Waals surface area contributed by atoms with Crippen LogP contribution in [0.1, 0.15) is 41.0 Å². The van der Waals surface area contributed by atoms with Crippen LogP contribution in [-0.4, -0.2) is 484 Å². The third-order valence-electron chi connectivity index (χ3n) is 20.8. The van der Waals surface area contributed by atoms with Crippen molar-refractivity contribution >= 4 is 23.7 Å². The lowest BCUT2D eigenvalue weighted by atomic mass is 9.88. The van der Waals surface area contributed by atoms with Gasteiger partial charge in [0.05, 0.1) is 70.6 Å². The molecule has 9 heterocycles. The maximum absolute atomic E-state index is 13.2. The second kappa shape index (κ2) is 39.6. The molecule has 0 aromatic carbocycles. The minimum absolute atomic E-state index is 0.871. The number of aliphatic hydroxyl groups excluding tert-OH is 25. The van der Waals surface area contributed by atoms with Crippen LogP contribution < -0.4 is 16.0 Å². The van der Waals surface area contributed by atoms with Crippen molar-refractivity contribution in [3.05, 3.63) is 0 Å². The Morgan fingerprint density at radius 2 is 0.752 bits per heavy atom. The summed E-state index contributed by atoms with van der Waals surface area (Å²) in [4.78, 5) is 51.8. The fourth-order valence-corrected chi connectivity index (χ4v) is 14.7. The predicted molar refractivity (Wildman–Crippen MR) is 346 cm³/mol. The Bertz CT molecular complexity index is 3040. The summed E-state index contributed by atoms with van der Waals surface area (Å²) in [5.41, 5.74) is 0. The van der Waals surface area contributed by atoms with E-state index in [1.165, 1.54) is 13.8 Å². The number of carboxylic acids is 1. The molecule has 0 aromatic rings. The summed E-state index contributed by atoms with van der Waals surface area (Å²) in [5, 5.41) is 296. The van der Waals surface area contributed by atoms with E-state index in [2.05, 4.69) is 16.0 Å². The highest BCUT2D eigenvalue weighted by molar-refractivity contribution is 5.77.